The van der Waals surface area contributed by atoms with Crippen LogP contribution >= 0.6 is 0 Å². The zero-order valence-corrected chi connectivity index (χ0v) is 12.8. The number of fused-ring (bicyclic) bond motifs is 1. The van der Waals surface area contributed by atoms with Crippen molar-refractivity contribution < 1.29 is 4.79 Å². The lowest BCUT2D eigenvalue weighted by atomic mass is 10.0. The summed E-state index contributed by atoms with van der Waals surface area (Å²) in [7, 11) is 0. The molecule has 3 heteroatoms. The molecule has 112 valence electrons. The van der Waals surface area contributed by atoms with Crippen LogP contribution in [0.1, 0.15) is 47.4 Å². The van der Waals surface area contributed by atoms with E-state index in [4.69, 9.17) is 0 Å². The first kappa shape index (κ1) is 13.4. The molecule has 1 aliphatic heterocycles. The van der Waals surface area contributed by atoms with Gasteiger partial charge in [-0.3, -0.25) is 4.79 Å². The minimum Gasteiger partial charge on any atom is -0.361 e. The van der Waals surface area contributed by atoms with E-state index in [9.17, 15) is 4.79 Å². The van der Waals surface area contributed by atoms with Gasteiger partial charge in [0.15, 0.2) is 0 Å². The van der Waals surface area contributed by atoms with Gasteiger partial charge in [-0.05, 0) is 42.5 Å². The van der Waals surface area contributed by atoms with E-state index in [-0.39, 0.29) is 12.1 Å². The van der Waals surface area contributed by atoms with Crippen LogP contribution in [-0.2, 0) is 6.42 Å². The van der Waals surface area contributed by atoms with E-state index in [0.29, 0.717) is 6.04 Å². The Labute approximate surface area is 131 Å². The number of anilines is 1. The Morgan fingerprint density at radius 2 is 1.82 bits per heavy atom. The maximum absolute atomic E-state index is 12.9. The Bertz CT molecular complexity index is 704. The van der Waals surface area contributed by atoms with Gasteiger partial charge in [-0.2, -0.15) is 0 Å². The van der Waals surface area contributed by atoms with Crippen molar-refractivity contribution in [2.75, 3.05) is 5.32 Å². The van der Waals surface area contributed by atoms with Crippen LogP contribution < -0.4 is 5.32 Å². The summed E-state index contributed by atoms with van der Waals surface area (Å²) in [6.45, 7) is 2.16. The number of carbonyl (C=O) groups is 1. The average Bonchev–Trinajstić information content (AvgIpc) is 3.39. The zero-order valence-electron chi connectivity index (χ0n) is 12.8. The van der Waals surface area contributed by atoms with E-state index < -0.39 is 0 Å². The van der Waals surface area contributed by atoms with Gasteiger partial charge in [0.05, 0.1) is 5.56 Å². The summed E-state index contributed by atoms with van der Waals surface area (Å²) < 4.78 is 0. The summed E-state index contributed by atoms with van der Waals surface area (Å²) in [4.78, 5) is 14.9. The molecular weight excluding hydrogens is 272 g/mol. The number of hydrogen-bond acceptors (Lipinski definition) is 2. The van der Waals surface area contributed by atoms with Gasteiger partial charge < -0.3 is 10.2 Å². The van der Waals surface area contributed by atoms with Gasteiger partial charge in [0.1, 0.15) is 6.17 Å². The minimum atomic E-state index is -0.0548. The molecule has 1 saturated carbocycles. The van der Waals surface area contributed by atoms with Crippen LogP contribution in [0.25, 0.3) is 0 Å². The molecule has 0 radical (unpaired) electrons. The summed E-state index contributed by atoms with van der Waals surface area (Å²) in [6, 6.07) is 16.8. The van der Waals surface area contributed by atoms with Crippen LogP contribution in [0, 0.1) is 0 Å². The number of nitrogens with one attached hydrogen (secondary N) is 1. The third-order valence-corrected chi connectivity index (χ3v) is 4.61. The van der Waals surface area contributed by atoms with Crippen molar-refractivity contribution in [3.05, 3.63) is 65.2 Å². The van der Waals surface area contributed by atoms with Crippen LogP contribution in [-0.4, -0.2) is 16.8 Å². The second-order valence-corrected chi connectivity index (χ2v) is 6.13. The Hall–Kier alpha value is -2.29. The highest BCUT2D eigenvalue weighted by Gasteiger charge is 2.41. The van der Waals surface area contributed by atoms with Gasteiger partial charge in [-0.15, -0.1) is 0 Å². The molecule has 2 aliphatic rings. The molecule has 0 bridgehead atoms. The van der Waals surface area contributed by atoms with Crippen LogP contribution in [0.15, 0.2) is 48.5 Å². The predicted molar refractivity (Wildman–Crippen MR) is 87.8 cm³/mol. The average molecular weight is 292 g/mol. The van der Waals surface area contributed by atoms with E-state index in [1.807, 2.05) is 29.2 Å². The Balaban J connectivity index is 1.75. The highest BCUT2D eigenvalue weighted by atomic mass is 16.2. The van der Waals surface area contributed by atoms with Crippen LogP contribution in [0.3, 0.4) is 0 Å². The number of nitrogens with zero attached hydrogens (tertiary/aromatic N) is 1. The third kappa shape index (κ3) is 2.17. The molecule has 1 amide bonds. The summed E-state index contributed by atoms with van der Waals surface area (Å²) in [5, 5.41) is 3.56. The molecule has 4 rings (SSSR count). The van der Waals surface area contributed by atoms with Crippen molar-refractivity contribution in [3.8, 4) is 0 Å². The van der Waals surface area contributed by atoms with Crippen molar-refractivity contribution in [1.82, 2.24) is 4.90 Å². The molecule has 1 heterocycles. The summed E-state index contributed by atoms with van der Waals surface area (Å²) >= 11 is 0. The maximum Gasteiger partial charge on any atom is 0.258 e. The first-order valence-corrected chi connectivity index (χ1v) is 8.05. The zero-order chi connectivity index (χ0) is 15.1. The van der Waals surface area contributed by atoms with Crippen molar-refractivity contribution in [1.29, 1.82) is 0 Å². The first-order chi connectivity index (χ1) is 10.8. The number of aryl methyl sites for hydroxylation is 1. The van der Waals surface area contributed by atoms with Gasteiger partial charge in [-0.1, -0.05) is 43.3 Å². The van der Waals surface area contributed by atoms with Crippen molar-refractivity contribution in [2.45, 2.75) is 38.4 Å². The molecule has 0 saturated heterocycles. The molecule has 1 aliphatic carbocycles. The summed E-state index contributed by atoms with van der Waals surface area (Å²) in [5.74, 6) is 0.154. The van der Waals surface area contributed by atoms with E-state index >= 15 is 0 Å². The van der Waals surface area contributed by atoms with Crippen molar-refractivity contribution in [3.63, 3.8) is 0 Å². The standard InChI is InChI=1S/C19H20N2O/c1-2-13-7-9-14(10-8-13)18-20-17-6-4-3-5-16(17)19(22)21(18)15-11-12-15/h3-10,15,18,20H,2,11-12H2,1H3/t18-/m0/s1. The van der Waals surface area contributed by atoms with Crippen LogP contribution in [0.5, 0.6) is 0 Å². The smallest absolute Gasteiger partial charge is 0.258 e. The second kappa shape index (κ2) is 5.16. The van der Waals surface area contributed by atoms with Gasteiger partial charge in [0.25, 0.3) is 5.91 Å². The topological polar surface area (TPSA) is 32.3 Å². The van der Waals surface area contributed by atoms with Gasteiger partial charge in [-0.25, -0.2) is 0 Å². The predicted octanol–water partition coefficient (Wildman–Crippen LogP) is 3.98. The molecule has 2 aromatic carbocycles. The summed E-state index contributed by atoms with van der Waals surface area (Å²) in [5.41, 5.74) is 4.21. The molecular formula is C19H20N2O. The highest BCUT2D eigenvalue weighted by molar-refractivity contribution is 6.02. The molecule has 0 spiro atoms. The Morgan fingerprint density at radius 1 is 1.09 bits per heavy atom. The minimum absolute atomic E-state index is 0.0548. The van der Waals surface area contributed by atoms with E-state index in [2.05, 4.69) is 36.5 Å². The number of rotatable bonds is 3. The van der Waals surface area contributed by atoms with Gasteiger partial charge in [0.2, 0.25) is 0 Å². The molecule has 0 unspecified atom stereocenters. The molecule has 1 N–H and O–H groups in total. The number of amides is 1. The van der Waals surface area contributed by atoms with Gasteiger partial charge in [0, 0.05) is 11.7 Å². The van der Waals surface area contributed by atoms with E-state index in [1.165, 1.54) is 5.56 Å². The largest absolute Gasteiger partial charge is 0.361 e. The van der Waals surface area contributed by atoms with Crippen molar-refractivity contribution in [2.24, 2.45) is 0 Å². The van der Waals surface area contributed by atoms with Crippen LogP contribution in [0.2, 0.25) is 0 Å². The van der Waals surface area contributed by atoms with Gasteiger partial charge >= 0.3 is 0 Å². The number of benzene rings is 2. The Morgan fingerprint density at radius 3 is 2.50 bits per heavy atom. The quantitative estimate of drug-likeness (QED) is 0.928. The monoisotopic (exact) mass is 292 g/mol. The third-order valence-electron chi connectivity index (χ3n) is 4.61. The summed E-state index contributed by atoms with van der Waals surface area (Å²) in [6.07, 6.45) is 3.20. The fourth-order valence-electron chi connectivity index (χ4n) is 3.18. The van der Waals surface area contributed by atoms with E-state index in [0.717, 1.165) is 36.1 Å². The highest BCUT2D eigenvalue weighted by Crippen LogP contribution is 2.40. The normalized spacial score (nSPS) is 20.5. The molecule has 22 heavy (non-hydrogen) atoms. The first-order valence-electron chi connectivity index (χ1n) is 8.05. The lowest BCUT2D eigenvalue weighted by molar-refractivity contribution is 0.0666. The van der Waals surface area contributed by atoms with Crippen molar-refractivity contribution >= 4 is 11.6 Å². The molecule has 1 atom stereocenters. The molecule has 2 aromatic rings. The lowest BCUT2D eigenvalue weighted by Gasteiger charge is -2.38. The fourth-order valence-corrected chi connectivity index (χ4v) is 3.18. The molecule has 0 aromatic heterocycles. The second-order valence-electron chi connectivity index (χ2n) is 6.13. The van der Waals surface area contributed by atoms with Crippen LogP contribution in [0.4, 0.5) is 5.69 Å². The number of hydrogen-bond donors (Lipinski definition) is 1. The molecule has 1 fully saturated rings. The number of carbonyl (C=O) groups excluding carboxylic acids is 1. The maximum atomic E-state index is 12.9. The molecule has 3 nitrogen and oxygen atoms in total. The SMILES string of the molecule is CCc1ccc([C@H]2Nc3ccccc3C(=O)N2C2CC2)cc1. The lowest BCUT2D eigenvalue weighted by Crippen LogP contribution is -2.44. The van der Waals surface area contributed by atoms with E-state index in [1.54, 1.807) is 0 Å². The number of para-hydroxylation sites is 1. The Kier molecular flexibility index (Phi) is 3.14. The fraction of sp³-hybridized carbons (Fsp3) is 0.316.